The molecule has 0 spiro atoms. The van der Waals surface area contributed by atoms with Crippen molar-refractivity contribution in [2.24, 2.45) is 0 Å². The molecule has 29 heavy (non-hydrogen) atoms. The number of thiazole rings is 1. The van der Waals surface area contributed by atoms with Crippen molar-refractivity contribution in [3.8, 4) is 22.1 Å². The molecule has 152 valence electrons. The smallest absolute Gasteiger partial charge is 0.270 e. The normalized spacial score (nSPS) is 10.6. The van der Waals surface area contributed by atoms with Crippen LogP contribution in [0.4, 0.5) is 5.69 Å². The molecule has 3 rings (SSSR count). The van der Waals surface area contributed by atoms with Crippen LogP contribution in [0.25, 0.3) is 10.6 Å². The fourth-order valence-corrected chi connectivity index (χ4v) is 4.09. The molecule has 1 heterocycles. The van der Waals surface area contributed by atoms with Gasteiger partial charge in [-0.2, -0.15) is 0 Å². The van der Waals surface area contributed by atoms with Gasteiger partial charge in [0.25, 0.3) is 5.91 Å². The Kier molecular flexibility index (Phi) is 6.88. The van der Waals surface area contributed by atoms with Gasteiger partial charge in [0.15, 0.2) is 11.5 Å². The van der Waals surface area contributed by atoms with Gasteiger partial charge in [-0.1, -0.05) is 31.5 Å². The minimum Gasteiger partial charge on any atom is -0.493 e. The van der Waals surface area contributed by atoms with E-state index in [9.17, 15) is 4.79 Å². The molecule has 6 heteroatoms. The van der Waals surface area contributed by atoms with Gasteiger partial charge in [0.2, 0.25) is 0 Å². The summed E-state index contributed by atoms with van der Waals surface area (Å²) in [5, 5.41) is 0.787. The molecule has 0 fully saturated rings. The van der Waals surface area contributed by atoms with E-state index in [1.54, 1.807) is 14.2 Å². The van der Waals surface area contributed by atoms with Gasteiger partial charge in [-0.15, -0.1) is 11.3 Å². The van der Waals surface area contributed by atoms with Crippen LogP contribution in [0.3, 0.4) is 0 Å². The maximum Gasteiger partial charge on any atom is 0.270 e. The van der Waals surface area contributed by atoms with Gasteiger partial charge in [0.1, 0.15) is 9.88 Å². The van der Waals surface area contributed by atoms with E-state index in [-0.39, 0.29) is 5.91 Å². The molecule has 0 atom stereocenters. The van der Waals surface area contributed by atoms with Gasteiger partial charge >= 0.3 is 0 Å². The number of carbonyl (C=O) groups is 1. The molecule has 0 bridgehead atoms. The number of rotatable bonds is 8. The summed E-state index contributed by atoms with van der Waals surface area (Å²) in [7, 11) is 3.21. The molecule has 1 aromatic heterocycles. The highest BCUT2D eigenvalue weighted by molar-refractivity contribution is 7.17. The summed E-state index contributed by atoms with van der Waals surface area (Å²) < 4.78 is 10.7. The van der Waals surface area contributed by atoms with Crippen LogP contribution < -0.4 is 14.4 Å². The van der Waals surface area contributed by atoms with Crippen molar-refractivity contribution in [1.82, 2.24) is 4.98 Å². The number of nitrogens with zero attached hydrogens (tertiary/aromatic N) is 2. The molecular weight excluding hydrogens is 384 g/mol. The second kappa shape index (κ2) is 9.56. The van der Waals surface area contributed by atoms with Gasteiger partial charge in [0, 0.05) is 17.8 Å². The van der Waals surface area contributed by atoms with Crippen LogP contribution in [-0.4, -0.2) is 31.7 Å². The molecule has 0 radical (unpaired) electrons. The number of hydrogen-bond acceptors (Lipinski definition) is 5. The standard InChI is InChI=1S/C23H26N2O3S/c1-5-6-14-25(18-10-8-7-9-11-18)23(26)21-16(2)24-22(29-21)17-12-13-19(27-3)20(15-17)28-4/h7-13,15H,5-6,14H2,1-4H3. The quantitative estimate of drug-likeness (QED) is 0.486. The lowest BCUT2D eigenvalue weighted by atomic mass is 10.2. The molecule has 0 aliphatic carbocycles. The average molecular weight is 411 g/mol. The fraction of sp³-hybridized carbons (Fsp3) is 0.304. The summed E-state index contributed by atoms with van der Waals surface area (Å²) in [5.74, 6) is 1.29. The zero-order valence-electron chi connectivity index (χ0n) is 17.3. The predicted molar refractivity (Wildman–Crippen MR) is 118 cm³/mol. The Morgan fingerprint density at radius 3 is 2.45 bits per heavy atom. The monoisotopic (exact) mass is 410 g/mol. The molecular formula is C23H26N2O3S. The van der Waals surface area contributed by atoms with Gasteiger partial charge in [0.05, 0.1) is 19.9 Å². The van der Waals surface area contributed by atoms with Crippen LogP contribution in [0.1, 0.15) is 35.1 Å². The minimum atomic E-state index is -0.00798. The van der Waals surface area contributed by atoms with E-state index in [4.69, 9.17) is 9.47 Å². The summed E-state index contributed by atoms with van der Waals surface area (Å²) in [6, 6.07) is 15.5. The first-order valence-electron chi connectivity index (χ1n) is 9.65. The third-order valence-corrected chi connectivity index (χ3v) is 5.86. The number of para-hydroxylation sites is 1. The molecule has 2 aromatic carbocycles. The highest BCUT2D eigenvalue weighted by Gasteiger charge is 2.23. The predicted octanol–water partition coefficient (Wildman–Crippen LogP) is 5.58. The van der Waals surface area contributed by atoms with E-state index in [0.29, 0.717) is 22.9 Å². The second-order valence-electron chi connectivity index (χ2n) is 6.65. The lowest BCUT2D eigenvalue weighted by Crippen LogP contribution is -2.31. The zero-order valence-corrected chi connectivity index (χ0v) is 18.1. The Morgan fingerprint density at radius 1 is 1.07 bits per heavy atom. The molecule has 0 unspecified atom stereocenters. The Morgan fingerprint density at radius 2 is 1.79 bits per heavy atom. The summed E-state index contributed by atoms with van der Waals surface area (Å²) in [5.41, 5.74) is 2.54. The highest BCUT2D eigenvalue weighted by Crippen LogP contribution is 2.35. The molecule has 0 aliphatic rings. The molecule has 0 saturated heterocycles. The maximum absolute atomic E-state index is 13.4. The third kappa shape index (κ3) is 4.59. The maximum atomic E-state index is 13.4. The van der Waals surface area contributed by atoms with Crippen LogP contribution in [0.2, 0.25) is 0 Å². The van der Waals surface area contributed by atoms with E-state index in [1.807, 2.05) is 60.4 Å². The summed E-state index contributed by atoms with van der Waals surface area (Å²) in [6.45, 7) is 4.69. The van der Waals surface area contributed by atoms with Crippen LogP contribution in [-0.2, 0) is 0 Å². The van der Waals surface area contributed by atoms with E-state index in [2.05, 4.69) is 11.9 Å². The highest BCUT2D eigenvalue weighted by atomic mass is 32.1. The van der Waals surface area contributed by atoms with E-state index in [0.717, 1.165) is 34.8 Å². The number of aromatic nitrogens is 1. The largest absolute Gasteiger partial charge is 0.493 e. The Balaban J connectivity index is 1.95. The van der Waals surface area contributed by atoms with Gasteiger partial charge in [-0.25, -0.2) is 4.98 Å². The number of aryl methyl sites for hydroxylation is 1. The number of methoxy groups -OCH3 is 2. The van der Waals surface area contributed by atoms with E-state index < -0.39 is 0 Å². The zero-order chi connectivity index (χ0) is 20.8. The summed E-state index contributed by atoms with van der Waals surface area (Å²) >= 11 is 1.41. The third-order valence-electron chi connectivity index (χ3n) is 4.67. The van der Waals surface area contributed by atoms with Gasteiger partial charge in [-0.05, 0) is 43.7 Å². The van der Waals surface area contributed by atoms with E-state index in [1.165, 1.54) is 11.3 Å². The Hall–Kier alpha value is -2.86. The lowest BCUT2D eigenvalue weighted by Gasteiger charge is -2.22. The Bertz CT molecular complexity index is 970. The topological polar surface area (TPSA) is 51.7 Å². The van der Waals surface area contributed by atoms with Crippen molar-refractivity contribution in [3.05, 3.63) is 59.1 Å². The van der Waals surface area contributed by atoms with Crippen molar-refractivity contribution < 1.29 is 14.3 Å². The molecule has 5 nitrogen and oxygen atoms in total. The second-order valence-corrected chi connectivity index (χ2v) is 7.65. The van der Waals surface area contributed by atoms with Crippen LogP contribution >= 0.6 is 11.3 Å². The first kappa shape index (κ1) is 20.9. The molecule has 1 amide bonds. The minimum absolute atomic E-state index is 0.00798. The van der Waals surface area contributed by atoms with Crippen molar-refractivity contribution in [2.75, 3.05) is 25.7 Å². The lowest BCUT2D eigenvalue weighted by molar-refractivity contribution is 0.0989. The summed E-state index contributed by atoms with van der Waals surface area (Å²) in [6.07, 6.45) is 1.97. The van der Waals surface area contributed by atoms with Crippen molar-refractivity contribution in [3.63, 3.8) is 0 Å². The van der Waals surface area contributed by atoms with Gasteiger partial charge in [-0.3, -0.25) is 4.79 Å². The number of benzene rings is 2. The molecule has 0 aliphatic heterocycles. The SMILES string of the molecule is CCCCN(C(=O)c1sc(-c2ccc(OC)c(OC)c2)nc1C)c1ccccc1. The first-order chi connectivity index (χ1) is 14.1. The average Bonchev–Trinajstić information content (AvgIpc) is 3.15. The molecule has 3 aromatic rings. The molecule has 0 saturated carbocycles. The number of ether oxygens (including phenoxy) is 2. The first-order valence-corrected chi connectivity index (χ1v) is 10.5. The summed E-state index contributed by atoms with van der Waals surface area (Å²) in [4.78, 5) is 20.6. The van der Waals surface area contributed by atoms with Crippen molar-refractivity contribution in [2.45, 2.75) is 26.7 Å². The molecule has 0 N–H and O–H groups in total. The number of carbonyl (C=O) groups excluding carboxylic acids is 1. The van der Waals surface area contributed by atoms with E-state index >= 15 is 0 Å². The van der Waals surface area contributed by atoms with Gasteiger partial charge < -0.3 is 14.4 Å². The van der Waals surface area contributed by atoms with Crippen molar-refractivity contribution in [1.29, 1.82) is 0 Å². The number of anilines is 1. The fourth-order valence-electron chi connectivity index (χ4n) is 3.08. The van der Waals surface area contributed by atoms with Crippen LogP contribution in [0.5, 0.6) is 11.5 Å². The number of hydrogen-bond donors (Lipinski definition) is 0. The number of unbranched alkanes of at least 4 members (excludes halogenated alkanes) is 1. The Labute approximate surface area is 175 Å². The number of amides is 1. The van der Waals surface area contributed by atoms with Crippen molar-refractivity contribution >= 4 is 22.9 Å². The van der Waals surface area contributed by atoms with Crippen LogP contribution in [0, 0.1) is 6.92 Å². The van der Waals surface area contributed by atoms with Crippen LogP contribution in [0.15, 0.2) is 48.5 Å².